The summed E-state index contributed by atoms with van der Waals surface area (Å²) in [5.74, 6) is -0.694. The minimum absolute atomic E-state index is 0.107. The van der Waals surface area contributed by atoms with Gasteiger partial charge in [0.1, 0.15) is 11.2 Å². The van der Waals surface area contributed by atoms with Gasteiger partial charge in [0.25, 0.3) is 5.56 Å². The molecule has 0 unspecified atom stereocenters. The van der Waals surface area contributed by atoms with E-state index in [-0.39, 0.29) is 24.6 Å². The van der Waals surface area contributed by atoms with Gasteiger partial charge in [0.2, 0.25) is 5.91 Å². The number of hydrogen-bond acceptors (Lipinski definition) is 5. The quantitative estimate of drug-likeness (QED) is 0.654. The van der Waals surface area contributed by atoms with E-state index in [9.17, 15) is 14.4 Å². The molecular weight excluding hydrogens is 376 g/mol. The van der Waals surface area contributed by atoms with E-state index < -0.39 is 5.97 Å². The van der Waals surface area contributed by atoms with E-state index in [1.807, 2.05) is 45.0 Å². The molecule has 0 N–H and O–H groups in total. The van der Waals surface area contributed by atoms with Crippen LogP contribution in [0, 0.1) is 6.92 Å². The first kappa shape index (κ1) is 21.6. The lowest BCUT2D eigenvalue weighted by Gasteiger charge is -2.18. The number of esters is 1. The van der Waals surface area contributed by atoms with Crippen LogP contribution in [0.4, 0.5) is 0 Å². The molecular formula is C21H26N2O4S. The van der Waals surface area contributed by atoms with E-state index in [0.717, 1.165) is 11.1 Å². The van der Waals surface area contributed by atoms with Gasteiger partial charge in [-0.2, -0.15) is 0 Å². The van der Waals surface area contributed by atoms with E-state index >= 15 is 0 Å². The third kappa shape index (κ3) is 5.42. The van der Waals surface area contributed by atoms with Gasteiger partial charge in [-0.15, -0.1) is 11.3 Å². The van der Waals surface area contributed by atoms with Crippen LogP contribution in [0.2, 0.25) is 0 Å². The fraction of sp³-hybridized carbons (Fsp3) is 0.381. The molecule has 0 bridgehead atoms. The number of thiazole rings is 1. The normalized spacial score (nSPS) is 12.3. The van der Waals surface area contributed by atoms with Gasteiger partial charge in [-0.25, -0.2) is 4.79 Å². The molecule has 0 saturated carbocycles. The first-order valence-electron chi connectivity index (χ1n) is 9.33. The maximum Gasteiger partial charge on any atom is 0.333 e. The Morgan fingerprint density at radius 1 is 1.14 bits per heavy atom. The zero-order valence-electron chi connectivity index (χ0n) is 16.7. The van der Waals surface area contributed by atoms with Crippen molar-refractivity contribution in [3.63, 3.8) is 0 Å². The number of likely N-dealkylation sites (N-methyl/N-ethyl adjacent to an activating group) is 1. The van der Waals surface area contributed by atoms with E-state index in [1.54, 1.807) is 17.9 Å². The standard InChI is InChI=1S/C21H26N2O4S/c1-5-22(6-2)18(24)14-23-19(13-20(25)27-7-3)28-17(21(23)26)12-16-10-8-15(4)9-11-16/h8-13H,5-7,14H2,1-4H3/b17-12-,19-13-. The molecule has 0 aliphatic heterocycles. The van der Waals surface area contributed by atoms with Gasteiger partial charge in [0.05, 0.1) is 17.2 Å². The SMILES string of the molecule is CCOC(=O)/C=c1\s/c(=C\c2ccc(C)cc2)c(=O)n1CC(=O)N(CC)CC. The van der Waals surface area contributed by atoms with Crippen molar-refractivity contribution in [2.45, 2.75) is 34.2 Å². The van der Waals surface area contributed by atoms with Crippen molar-refractivity contribution in [1.29, 1.82) is 0 Å². The fourth-order valence-corrected chi connectivity index (χ4v) is 3.73. The Kier molecular flexibility index (Phi) is 7.75. The molecule has 0 atom stereocenters. The zero-order chi connectivity index (χ0) is 20.7. The van der Waals surface area contributed by atoms with Crippen LogP contribution in [0.25, 0.3) is 12.2 Å². The summed E-state index contributed by atoms with van der Waals surface area (Å²) in [7, 11) is 0. The summed E-state index contributed by atoms with van der Waals surface area (Å²) < 4.78 is 7.19. The molecule has 1 amide bonds. The summed E-state index contributed by atoms with van der Waals surface area (Å²) in [6, 6.07) is 7.78. The van der Waals surface area contributed by atoms with E-state index in [1.165, 1.54) is 22.0 Å². The molecule has 150 valence electrons. The summed E-state index contributed by atoms with van der Waals surface area (Å²) in [5, 5.41) is 0. The summed E-state index contributed by atoms with van der Waals surface area (Å²) in [4.78, 5) is 39.0. The number of hydrogen-bond donors (Lipinski definition) is 0. The molecule has 0 aliphatic carbocycles. The number of nitrogens with zero attached hydrogens (tertiary/aromatic N) is 2. The summed E-state index contributed by atoms with van der Waals surface area (Å²) >= 11 is 1.18. The lowest BCUT2D eigenvalue weighted by molar-refractivity contribution is -0.135. The molecule has 0 saturated heterocycles. The van der Waals surface area contributed by atoms with E-state index in [2.05, 4.69) is 0 Å². The van der Waals surface area contributed by atoms with Gasteiger partial charge in [-0.1, -0.05) is 29.8 Å². The van der Waals surface area contributed by atoms with Crippen molar-refractivity contribution in [2.75, 3.05) is 19.7 Å². The Labute approximate surface area is 168 Å². The highest BCUT2D eigenvalue weighted by molar-refractivity contribution is 7.07. The highest BCUT2D eigenvalue weighted by atomic mass is 32.1. The van der Waals surface area contributed by atoms with Gasteiger partial charge in [-0.05, 0) is 39.3 Å². The predicted molar refractivity (Wildman–Crippen MR) is 112 cm³/mol. The second-order valence-electron chi connectivity index (χ2n) is 6.21. The van der Waals surface area contributed by atoms with Crippen LogP contribution >= 0.6 is 11.3 Å². The number of aromatic nitrogens is 1. The van der Waals surface area contributed by atoms with Crippen molar-refractivity contribution in [2.24, 2.45) is 0 Å². The number of carbonyl (C=O) groups excluding carboxylic acids is 2. The average molecular weight is 403 g/mol. The number of rotatable bonds is 7. The Hall–Kier alpha value is -2.67. The van der Waals surface area contributed by atoms with Crippen molar-refractivity contribution < 1.29 is 14.3 Å². The molecule has 0 radical (unpaired) electrons. The van der Waals surface area contributed by atoms with Crippen molar-refractivity contribution in [3.8, 4) is 0 Å². The summed E-state index contributed by atoms with van der Waals surface area (Å²) in [6.07, 6.45) is 3.05. The largest absolute Gasteiger partial charge is 0.463 e. The molecule has 6 nitrogen and oxygen atoms in total. The Balaban J connectivity index is 2.56. The van der Waals surface area contributed by atoms with Crippen molar-refractivity contribution >= 4 is 35.4 Å². The van der Waals surface area contributed by atoms with Crippen LogP contribution < -0.4 is 14.8 Å². The number of benzene rings is 1. The fourth-order valence-electron chi connectivity index (χ4n) is 2.70. The Morgan fingerprint density at radius 2 is 1.79 bits per heavy atom. The van der Waals surface area contributed by atoms with Crippen LogP contribution in [0.15, 0.2) is 29.1 Å². The Bertz CT molecular complexity index is 999. The molecule has 1 aromatic carbocycles. The average Bonchev–Trinajstić information content (AvgIpc) is 2.93. The molecule has 1 aromatic heterocycles. The number of carbonyl (C=O) groups is 2. The van der Waals surface area contributed by atoms with Gasteiger partial charge in [-0.3, -0.25) is 14.2 Å². The lowest BCUT2D eigenvalue weighted by Crippen LogP contribution is -2.40. The second kappa shape index (κ2) is 10.0. The van der Waals surface area contributed by atoms with Crippen LogP contribution in [-0.2, 0) is 20.9 Å². The molecule has 0 fully saturated rings. The summed E-state index contributed by atoms with van der Waals surface area (Å²) in [5.41, 5.74) is 1.72. The maximum absolute atomic E-state index is 12.9. The highest BCUT2D eigenvalue weighted by Crippen LogP contribution is 2.03. The highest BCUT2D eigenvalue weighted by Gasteiger charge is 2.14. The number of aryl methyl sites for hydroxylation is 1. The maximum atomic E-state index is 12.9. The van der Waals surface area contributed by atoms with Crippen LogP contribution in [-0.4, -0.2) is 41.0 Å². The van der Waals surface area contributed by atoms with Crippen LogP contribution in [0.5, 0.6) is 0 Å². The zero-order valence-corrected chi connectivity index (χ0v) is 17.5. The molecule has 0 spiro atoms. The first-order chi connectivity index (χ1) is 13.4. The van der Waals surface area contributed by atoms with Gasteiger partial charge >= 0.3 is 5.97 Å². The van der Waals surface area contributed by atoms with Crippen LogP contribution in [0.3, 0.4) is 0 Å². The smallest absolute Gasteiger partial charge is 0.333 e. The van der Waals surface area contributed by atoms with Crippen molar-refractivity contribution in [1.82, 2.24) is 9.47 Å². The lowest BCUT2D eigenvalue weighted by atomic mass is 10.1. The third-order valence-electron chi connectivity index (χ3n) is 4.25. The molecule has 2 rings (SSSR count). The topological polar surface area (TPSA) is 68.6 Å². The monoisotopic (exact) mass is 402 g/mol. The molecule has 28 heavy (non-hydrogen) atoms. The van der Waals surface area contributed by atoms with Gasteiger partial charge in [0.15, 0.2) is 0 Å². The minimum atomic E-state index is -0.533. The van der Waals surface area contributed by atoms with E-state index in [0.29, 0.717) is 22.3 Å². The Morgan fingerprint density at radius 3 is 2.36 bits per heavy atom. The van der Waals surface area contributed by atoms with Gasteiger partial charge < -0.3 is 9.64 Å². The second-order valence-corrected chi connectivity index (χ2v) is 7.28. The summed E-state index contributed by atoms with van der Waals surface area (Å²) in [6.45, 7) is 8.75. The van der Waals surface area contributed by atoms with Crippen LogP contribution in [0.1, 0.15) is 31.9 Å². The predicted octanol–water partition coefficient (Wildman–Crippen LogP) is 1.26. The molecule has 7 heteroatoms. The molecule has 0 aliphatic rings. The number of amides is 1. The number of ether oxygens (including phenoxy) is 1. The molecule has 2 aromatic rings. The third-order valence-corrected chi connectivity index (χ3v) is 5.31. The van der Waals surface area contributed by atoms with Crippen molar-refractivity contribution in [3.05, 3.63) is 54.9 Å². The minimum Gasteiger partial charge on any atom is -0.463 e. The first-order valence-corrected chi connectivity index (χ1v) is 10.2. The van der Waals surface area contributed by atoms with E-state index in [4.69, 9.17) is 4.74 Å². The molecule has 1 heterocycles. The van der Waals surface area contributed by atoms with Gasteiger partial charge in [0, 0.05) is 13.1 Å².